The van der Waals surface area contributed by atoms with Crippen molar-refractivity contribution in [1.29, 1.82) is 0 Å². The molecule has 9 heteroatoms. The molecule has 2 aromatic carbocycles. The molecule has 1 fully saturated rings. The highest BCUT2D eigenvalue weighted by molar-refractivity contribution is 6.51. The fraction of sp³-hybridized carbons (Fsp3) is 0.345. The molecule has 0 aliphatic carbocycles. The number of ketones is 1. The molecule has 9 nitrogen and oxygen atoms in total. The Morgan fingerprint density at radius 1 is 1.08 bits per heavy atom. The van der Waals surface area contributed by atoms with E-state index in [4.69, 9.17) is 18.7 Å². The number of ether oxygens (including phenoxy) is 3. The van der Waals surface area contributed by atoms with Crippen LogP contribution >= 0.6 is 0 Å². The molecule has 2 heterocycles. The zero-order chi connectivity index (χ0) is 27.4. The van der Waals surface area contributed by atoms with Crippen LogP contribution < -0.4 is 19.1 Å². The van der Waals surface area contributed by atoms with Gasteiger partial charge in [0.15, 0.2) is 17.3 Å². The Hall–Kier alpha value is -4.27. The normalized spacial score (nSPS) is 16.8. The van der Waals surface area contributed by atoms with Crippen molar-refractivity contribution in [2.75, 3.05) is 25.2 Å². The Labute approximate surface area is 221 Å². The second-order valence-electron chi connectivity index (χ2n) is 9.36. The lowest BCUT2D eigenvalue weighted by Gasteiger charge is -2.24. The highest BCUT2D eigenvalue weighted by Crippen LogP contribution is 2.44. The van der Waals surface area contributed by atoms with Crippen molar-refractivity contribution in [1.82, 2.24) is 5.16 Å². The number of carbonyl (C=O) groups excluding carboxylic acids is 2. The number of hydrogen-bond donors (Lipinski definition) is 1. The predicted octanol–water partition coefficient (Wildman–Crippen LogP) is 5.44. The number of methoxy groups -OCH3 is 1. The number of aliphatic hydroxyl groups is 1. The summed E-state index contributed by atoms with van der Waals surface area (Å²) in [5.74, 6) is 0.744. The molecule has 3 aromatic rings. The van der Waals surface area contributed by atoms with E-state index in [1.807, 2.05) is 6.92 Å². The van der Waals surface area contributed by atoms with Crippen LogP contribution in [0.25, 0.3) is 5.76 Å². The fourth-order valence-electron chi connectivity index (χ4n) is 4.26. The summed E-state index contributed by atoms with van der Waals surface area (Å²) in [7, 11) is 1.52. The van der Waals surface area contributed by atoms with Crippen LogP contribution in [0.2, 0.25) is 0 Å². The van der Waals surface area contributed by atoms with Crippen molar-refractivity contribution < 1.29 is 33.4 Å². The van der Waals surface area contributed by atoms with E-state index < -0.39 is 17.7 Å². The van der Waals surface area contributed by atoms with E-state index in [1.54, 1.807) is 55.5 Å². The molecule has 38 heavy (non-hydrogen) atoms. The third-order valence-electron chi connectivity index (χ3n) is 6.20. The lowest BCUT2D eigenvalue weighted by Crippen LogP contribution is -2.29. The number of aliphatic hydroxyl groups excluding tert-OH is 1. The van der Waals surface area contributed by atoms with Gasteiger partial charge in [-0.25, -0.2) is 0 Å². The minimum atomic E-state index is -0.982. The number of rotatable bonds is 10. The molecule has 1 saturated heterocycles. The van der Waals surface area contributed by atoms with Crippen molar-refractivity contribution in [3.63, 3.8) is 0 Å². The molecule has 0 radical (unpaired) electrons. The van der Waals surface area contributed by atoms with E-state index in [0.29, 0.717) is 53.3 Å². The van der Waals surface area contributed by atoms with E-state index in [0.717, 1.165) is 6.42 Å². The van der Waals surface area contributed by atoms with E-state index in [-0.39, 0.29) is 17.2 Å². The van der Waals surface area contributed by atoms with Gasteiger partial charge in [0.1, 0.15) is 17.3 Å². The van der Waals surface area contributed by atoms with Gasteiger partial charge in [-0.15, -0.1) is 0 Å². The summed E-state index contributed by atoms with van der Waals surface area (Å²) >= 11 is 0. The standard InChI is InChI=1S/C29H32N2O7/c1-6-36-21-10-7-19(8-11-21)27(32)25-26(31(29(34)28(25)33)24-15-18(4)38-30-24)20-9-12-22(23(16-20)35-5)37-14-13-17(2)3/h7-12,15-17,26,32H,6,13-14H2,1-5H3/b27-25+/t26-/m0/s1. The summed E-state index contributed by atoms with van der Waals surface area (Å²) in [4.78, 5) is 27.9. The number of carbonyl (C=O) groups is 2. The zero-order valence-electron chi connectivity index (χ0n) is 22.2. The molecule has 1 amide bonds. The molecule has 0 unspecified atom stereocenters. The lowest BCUT2D eigenvalue weighted by molar-refractivity contribution is -0.132. The Balaban J connectivity index is 1.82. The first-order valence-electron chi connectivity index (χ1n) is 12.5. The van der Waals surface area contributed by atoms with Crippen molar-refractivity contribution in [2.24, 2.45) is 5.92 Å². The van der Waals surface area contributed by atoms with Crippen molar-refractivity contribution in [2.45, 2.75) is 40.2 Å². The summed E-state index contributed by atoms with van der Waals surface area (Å²) in [5, 5.41) is 15.3. The smallest absolute Gasteiger partial charge is 0.301 e. The maximum absolute atomic E-state index is 13.3. The monoisotopic (exact) mass is 520 g/mol. The second-order valence-corrected chi connectivity index (χ2v) is 9.36. The Morgan fingerprint density at radius 2 is 1.82 bits per heavy atom. The molecule has 4 rings (SSSR count). The Morgan fingerprint density at radius 3 is 2.42 bits per heavy atom. The Bertz CT molecular complexity index is 1340. The van der Waals surface area contributed by atoms with Gasteiger partial charge in [-0.3, -0.25) is 14.5 Å². The van der Waals surface area contributed by atoms with E-state index in [9.17, 15) is 14.7 Å². The summed E-state index contributed by atoms with van der Waals surface area (Å²) in [6, 6.07) is 12.4. The molecule has 1 aliphatic heterocycles. The number of nitrogens with zero attached hydrogens (tertiary/aromatic N) is 2. The van der Waals surface area contributed by atoms with Gasteiger partial charge in [0.25, 0.3) is 5.78 Å². The zero-order valence-corrected chi connectivity index (χ0v) is 22.2. The van der Waals surface area contributed by atoms with Gasteiger partial charge in [0, 0.05) is 11.6 Å². The first-order valence-corrected chi connectivity index (χ1v) is 12.5. The maximum atomic E-state index is 13.3. The van der Waals surface area contributed by atoms with E-state index in [2.05, 4.69) is 19.0 Å². The summed E-state index contributed by atoms with van der Waals surface area (Å²) in [6.45, 7) is 8.80. The van der Waals surface area contributed by atoms with Crippen LogP contribution in [-0.2, 0) is 9.59 Å². The van der Waals surface area contributed by atoms with Gasteiger partial charge in [-0.1, -0.05) is 25.1 Å². The largest absolute Gasteiger partial charge is 0.507 e. The molecule has 0 spiro atoms. The highest BCUT2D eigenvalue weighted by atomic mass is 16.5. The van der Waals surface area contributed by atoms with Crippen LogP contribution in [0, 0.1) is 12.8 Å². The minimum absolute atomic E-state index is 0.0738. The molecule has 1 aromatic heterocycles. The number of aryl methyl sites for hydroxylation is 1. The Kier molecular flexibility index (Phi) is 8.05. The molecule has 1 N–H and O–H groups in total. The topological polar surface area (TPSA) is 111 Å². The summed E-state index contributed by atoms with van der Waals surface area (Å²) in [6.07, 6.45) is 0.874. The van der Waals surface area contributed by atoms with Gasteiger partial charge in [-0.2, -0.15) is 0 Å². The third-order valence-corrected chi connectivity index (χ3v) is 6.20. The number of anilines is 1. The number of aromatic nitrogens is 1. The van der Waals surface area contributed by atoms with E-state index >= 15 is 0 Å². The predicted molar refractivity (Wildman–Crippen MR) is 142 cm³/mol. The SMILES string of the molecule is CCOc1ccc(/C(O)=C2\C(=O)C(=O)N(c3cc(C)on3)[C@H]2c2ccc(OCCC(C)C)c(OC)c2)cc1. The first-order chi connectivity index (χ1) is 18.2. The summed E-state index contributed by atoms with van der Waals surface area (Å²) in [5.41, 5.74) is 0.828. The number of Topliss-reactive ketones (excluding diaryl/α,β-unsaturated/α-hetero) is 1. The number of hydrogen-bond acceptors (Lipinski definition) is 8. The fourth-order valence-corrected chi connectivity index (χ4v) is 4.26. The molecule has 1 atom stereocenters. The quantitative estimate of drug-likeness (QED) is 0.214. The molecule has 0 bridgehead atoms. The molecular weight excluding hydrogens is 488 g/mol. The van der Waals surface area contributed by atoms with Crippen LogP contribution in [-0.4, -0.2) is 42.3 Å². The van der Waals surface area contributed by atoms with Crippen molar-refractivity contribution in [3.05, 3.63) is 71.0 Å². The van der Waals surface area contributed by atoms with E-state index in [1.165, 1.54) is 12.0 Å². The molecule has 0 saturated carbocycles. The maximum Gasteiger partial charge on any atom is 0.301 e. The minimum Gasteiger partial charge on any atom is -0.507 e. The second kappa shape index (κ2) is 11.4. The molecule has 200 valence electrons. The van der Waals surface area contributed by atoms with Gasteiger partial charge >= 0.3 is 5.91 Å². The van der Waals surface area contributed by atoms with Crippen LogP contribution in [0.5, 0.6) is 17.2 Å². The van der Waals surface area contributed by atoms with Crippen LogP contribution in [0.3, 0.4) is 0 Å². The molecular formula is C29H32N2O7. The summed E-state index contributed by atoms with van der Waals surface area (Å²) < 4.78 is 22.2. The highest BCUT2D eigenvalue weighted by Gasteiger charge is 2.48. The van der Waals surface area contributed by atoms with Crippen LogP contribution in [0.1, 0.15) is 50.1 Å². The van der Waals surface area contributed by atoms with Crippen LogP contribution in [0.4, 0.5) is 5.82 Å². The van der Waals surface area contributed by atoms with Gasteiger partial charge in [0.05, 0.1) is 31.9 Å². The third kappa shape index (κ3) is 5.37. The lowest BCUT2D eigenvalue weighted by atomic mass is 9.95. The average molecular weight is 521 g/mol. The number of benzene rings is 2. The average Bonchev–Trinajstić information content (AvgIpc) is 3.44. The van der Waals surface area contributed by atoms with Crippen molar-refractivity contribution >= 4 is 23.3 Å². The van der Waals surface area contributed by atoms with Gasteiger partial charge < -0.3 is 23.8 Å². The molecule has 1 aliphatic rings. The van der Waals surface area contributed by atoms with Crippen molar-refractivity contribution in [3.8, 4) is 17.2 Å². The van der Waals surface area contributed by atoms with Crippen LogP contribution in [0.15, 0.2) is 58.6 Å². The first kappa shape index (κ1) is 26.8. The number of amides is 1. The van der Waals surface area contributed by atoms with Gasteiger partial charge in [-0.05, 0) is 68.1 Å². The van der Waals surface area contributed by atoms with Gasteiger partial charge in [0.2, 0.25) is 0 Å².